The molecule has 7 heteroatoms. The van der Waals surface area contributed by atoms with Crippen LogP contribution in [0.1, 0.15) is 18.5 Å². The first-order valence-electron chi connectivity index (χ1n) is 4.33. The van der Waals surface area contributed by atoms with Gasteiger partial charge in [0.1, 0.15) is 0 Å². The number of nitrogens with two attached hydrogens (primary N) is 1. The lowest BCUT2D eigenvalue weighted by molar-refractivity contribution is -0.141. The zero-order valence-corrected chi connectivity index (χ0v) is 7.88. The predicted molar refractivity (Wildman–Crippen MR) is 48.4 cm³/mol. The molecule has 0 aliphatic carbocycles. The van der Waals surface area contributed by atoms with Crippen LogP contribution in [0.5, 0.6) is 0 Å². The lowest BCUT2D eigenvalue weighted by Crippen LogP contribution is -2.11. The maximum atomic E-state index is 12.1. The minimum Gasteiger partial charge on any atom is -0.388 e. The van der Waals surface area contributed by atoms with Gasteiger partial charge in [0.25, 0.3) is 0 Å². The first-order chi connectivity index (χ1) is 6.89. The summed E-state index contributed by atoms with van der Waals surface area (Å²) in [6, 6.07) is 0.924. The Morgan fingerprint density at radius 2 is 2.20 bits per heavy atom. The summed E-state index contributed by atoms with van der Waals surface area (Å²) in [5.74, 6) is 0.0261. The number of nitrogens with zero attached hydrogens (tertiary/aromatic N) is 2. The molecule has 0 saturated carbocycles. The van der Waals surface area contributed by atoms with E-state index in [1.165, 1.54) is 10.9 Å². The fourth-order valence-corrected chi connectivity index (χ4v) is 1.07. The molecule has 0 unspecified atom stereocenters. The zero-order valence-electron chi connectivity index (χ0n) is 7.88. The van der Waals surface area contributed by atoms with Gasteiger partial charge in [0.05, 0.1) is 5.84 Å². The van der Waals surface area contributed by atoms with Crippen molar-refractivity contribution < 1.29 is 13.2 Å². The molecule has 0 saturated heterocycles. The Morgan fingerprint density at radius 1 is 1.53 bits per heavy atom. The number of alkyl halides is 3. The number of aromatic nitrogens is 2. The van der Waals surface area contributed by atoms with E-state index < -0.39 is 11.9 Å². The van der Waals surface area contributed by atoms with Crippen molar-refractivity contribution in [1.82, 2.24) is 9.78 Å². The van der Waals surface area contributed by atoms with Gasteiger partial charge >= 0.3 is 6.18 Å². The third-order valence-corrected chi connectivity index (χ3v) is 1.76. The number of rotatable bonds is 4. The minimum atomic E-state index is -4.40. The van der Waals surface area contributed by atoms with E-state index in [2.05, 4.69) is 5.10 Å². The number of halogens is 3. The lowest BCUT2D eigenvalue weighted by atomic mass is 10.3. The Morgan fingerprint density at radius 3 is 2.67 bits per heavy atom. The molecular formula is C8H11F3N4. The fraction of sp³-hybridized carbons (Fsp3) is 0.500. The van der Waals surface area contributed by atoms with Crippen LogP contribution in [0.4, 0.5) is 13.2 Å². The van der Waals surface area contributed by atoms with Gasteiger partial charge in [0.2, 0.25) is 0 Å². The summed E-state index contributed by atoms with van der Waals surface area (Å²) >= 11 is 0. The molecule has 3 N–H and O–H groups in total. The third kappa shape index (κ3) is 3.61. The van der Waals surface area contributed by atoms with Crippen LogP contribution in [-0.2, 0) is 12.7 Å². The van der Waals surface area contributed by atoms with Gasteiger partial charge in [-0.1, -0.05) is 0 Å². The Balaban J connectivity index is 2.50. The number of hydrogen-bond acceptors (Lipinski definition) is 2. The molecule has 0 fully saturated rings. The molecule has 84 valence electrons. The maximum Gasteiger partial charge on any atom is 0.435 e. The van der Waals surface area contributed by atoms with Crippen molar-refractivity contribution in [1.29, 1.82) is 5.41 Å². The highest BCUT2D eigenvalue weighted by molar-refractivity contribution is 5.76. The Kier molecular flexibility index (Phi) is 3.33. The van der Waals surface area contributed by atoms with E-state index in [0.717, 1.165) is 6.07 Å². The van der Waals surface area contributed by atoms with Crippen molar-refractivity contribution in [2.45, 2.75) is 25.6 Å². The van der Waals surface area contributed by atoms with E-state index in [0.29, 0.717) is 19.4 Å². The van der Waals surface area contributed by atoms with Crippen LogP contribution in [0.25, 0.3) is 0 Å². The standard InChI is InChI=1S/C8H11F3N4/c9-8(10,11)6-3-5-15(14-6)4-1-2-7(12)13/h3,5H,1-2,4H2,(H3,12,13). The van der Waals surface area contributed by atoms with Crippen LogP contribution in [-0.4, -0.2) is 15.6 Å². The van der Waals surface area contributed by atoms with Crippen molar-refractivity contribution in [3.05, 3.63) is 18.0 Å². The monoisotopic (exact) mass is 220 g/mol. The van der Waals surface area contributed by atoms with Crippen LogP contribution < -0.4 is 5.73 Å². The molecule has 0 atom stereocenters. The summed E-state index contributed by atoms with van der Waals surface area (Å²) < 4.78 is 37.6. The third-order valence-electron chi connectivity index (χ3n) is 1.76. The van der Waals surface area contributed by atoms with Gasteiger partial charge in [-0.15, -0.1) is 0 Å². The van der Waals surface area contributed by atoms with Gasteiger partial charge in [0.15, 0.2) is 5.69 Å². The molecule has 0 bridgehead atoms. The van der Waals surface area contributed by atoms with E-state index in [9.17, 15) is 13.2 Å². The van der Waals surface area contributed by atoms with Crippen molar-refractivity contribution in [3.63, 3.8) is 0 Å². The van der Waals surface area contributed by atoms with Crippen molar-refractivity contribution in [2.75, 3.05) is 0 Å². The molecule has 0 spiro atoms. The van der Waals surface area contributed by atoms with Crippen molar-refractivity contribution >= 4 is 5.84 Å². The summed E-state index contributed by atoms with van der Waals surface area (Å²) in [6.45, 7) is 0.329. The molecule has 0 amide bonds. The molecule has 0 radical (unpaired) electrons. The topological polar surface area (TPSA) is 67.7 Å². The molecule has 0 aromatic carbocycles. The van der Waals surface area contributed by atoms with E-state index in [4.69, 9.17) is 11.1 Å². The van der Waals surface area contributed by atoms with E-state index >= 15 is 0 Å². The highest BCUT2D eigenvalue weighted by Crippen LogP contribution is 2.27. The second-order valence-corrected chi connectivity index (χ2v) is 3.09. The molecular weight excluding hydrogens is 209 g/mol. The maximum absolute atomic E-state index is 12.1. The summed E-state index contributed by atoms with van der Waals surface area (Å²) in [6.07, 6.45) is -2.26. The van der Waals surface area contributed by atoms with Crippen LogP contribution in [0.15, 0.2) is 12.3 Å². The van der Waals surface area contributed by atoms with E-state index in [1.54, 1.807) is 0 Å². The van der Waals surface area contributed by atoms with Crippen LogP contribution in [0.2, 0.25) is 0 Å². The van der Waals surface area contributed by atoms with Gasteiger partial charge in [-0.05, 0) is 12.5 Å². The van der Waals surface area contributed by atoms with Gasteiger partial charge in [-0.3, -0.25) is 10.1 Å². The van der Waals surface area contributed by atoms with Crippen LogP contribution in [0.3, 0.4) is 0 Å². The number of hydrogen-bond donors (Lipinski definition) is 2. The van der Waals surface area contributed by atoms with Gasteiger partial charge in [0, 0.05) is 19.2 Å². The van der Waals surface area contributed by atoms with E-state index in [1.807, 2.05) is 0 Å². The SMILES string of the molecule is N=C(N)CCCn1ccc(C(F)(F)F)n1. The normalized spacial score (nSPS) is 11.7. The summed E-state index contributed by atoms with van der Waals surface area (Å²) in [7, 11) is 0. The minimum absolute atomic E-state index is 0.0261. The molecule has 1 aromatic heterocycles. The predicted octanol–water partition coefficient (Wildman–Crippen LogP) is 1.62. The molecule has 1 aromatic rings. The van der Waals surface area contributed by atoms with E-state index in [-0.39, 0.29) is 5.84 Å². The lowest BCUT2D eigenvalue weighted by Gasteiger charge is -2.02. The largest absolute Gasteiger partial charge is 0.435 e. The average Bonchev–Trinajstić information content (AvgIpc) is 2.51. The molecule has 15 heavy (non-hydrogen) atoms. The smallest absolute Gasteiger partial charge is 0.388 e. The highest BCUT2D eigenvalue weighted by atomic mass is 19.4. The van der Waals surface area contributed by atoms with Crippen LogP contribution in [0, 0.1) is 5.41 Å². The van der Waals surface area contributed by atoms with Gasteiger partial charge < -0.3 is 5.73 Å². The second kappa shape index (κ2) is 4.33. The Labute approximate surface area is 84.4 Å². The number of amidine groups is 1. The molecule has 4 nitrogen and oxygen atoms in total. The fourth-order valence-electron chi connectivity index (χ4n) is 1.07. The summed E-state index contributed by atoms with van der Waals surface area (Å²) in [5, 5.41) is 10.3. The van der Waals surface area contributed by atoms with Crippen LogP contribution >= 0.6 is 0 Å². The first kappa shape index (κ1) is 11.5. The Bertz CT molecular complexity index is 342. The average molecular weight is 220 g/mol. The molecule has 1 heterocycles. The second-order valence-electron chi connectivity index (χ2n) is 3.09. The van der Waals surface area contributed by atoms with Crippen molar-refractivity contribution in [2.24, 2.45) is 5.73 Å². The Hall–Kier alpha value is -1.53. The van der Waals surface area contributed by atoms with Gasteiger partial charge in [-0.25, -0.2) is 0 Å². The number of aryl methyl sites for hydroxylation is 1. The quantitative estimate of drug-likeness (QED) is 0.598. The highest BCUT2D eigenvalue weighted by Gasteiger charge is 2.33. The first-order valence-corrected chi connectivity index (χ1v) is 4.33. The molecule has 0 aliphatic heterocycles. The summed E-state index contributed by atoms with van der Waals surface area (Å²) in [4.78, 5) is 0. The number of nitrogens with one attached hydrogen (secondary N) is 1. The zero-order chi connectivity index (χ0) is 11.5. The van der Waals surface area contributed by atoms with Gasteiger partial charge in [-0.2, -0.15) is 18.3 Å². The van der Waals surface area contributed by atoms with Crippen molar-refractivity contribution in [3.8, 4) is 0 Å². The molecule has 0 aliphatic rings. The molecule has 1 rings (SSSR count). The summed E-state index contributed by atoms with van der Waals surface area (Å²) in [5.41, 5.74) is 4.21.